The number of nitro groups is 1. The molecule has 1 fully saturated rings. The number of nitrogens with zero attached hydrogens (tertiary/aromatic N) is 5. The van der Waals surface area contributed by atoms with Crippen molar-refractivity contribution in [1.82, 2.24) is 19.6 Å². The predicted molar refractivity (Wildman–Crippen MR) is 101 cm³/mol. The molecule has 0 saturated carbocycles. The average molecular weight is 372 g/mol. The summed E-state index contributed by atoms with van der Waals surface area (Å²) in [6, 6.07) is 5.89. The Morgan fingerprint density at radius 3 is 2.59 bits per heavy atom. The van der Waals surface area contributed by atoms with E-state index in [4.69, 9.17) is 0 Å². The van der Waals surface area contributed by atoms with Crippen molar-refractivity contribution in [2.75, 3.05) is 38.0 Å². The van der Waals surface area contributed by atoms with E-state index >= 15 is 0 Å². The van der Waals surface area contributed by atoms with Crippen molar-refractivity contribution in [2.45, 2.75) is 20.5 Å². The molecule has 9 heteroatoms. The molecule has 0 spiro atoms. The van der Waals surface area contributed by atoms with Crippen molar-refractivity contribution < 1.29 is 9.72 Å². The van der Waals surface area contributed by atoms with E-state index in [1.807, 2.05) is 32.0 Å². The Labute approximate surface area is 157 Å². The second-order valence-electron chi connectivity index (χ2n) is 6.83. The lowest BCUT2D eigenvalue weighted by atomic mass is 10.1. The largest absolute Gasteiger partial charge is 0.325 e. The summed E-state index contributed by atoms with van der Waals surface area (Å²) < 4.78 is 1.57. The molecule has 0 bridgehead atoms. The third-order valence-electron chi connectivity index (χ3n) is 4.89. The van der Waals surface area contributed by atoms with Crippen LogP contribution in [0.25, 0.3) is 0 Å². The molecule has 0 atom stereocenters. The van der Waals surface area contributed by atoms with Gasteiger partial charge in [-0.1, -0.05) is 12.1 Å². The smallest absolute Gasteiger partial charge is 0.307 e. The normalized spacial score (nSPS) is 15.6. The highest BCUT2D eigenvalue weighted by Gasteiger charge is 2.20. The molecule has 0 unspecified atom stereocenters. The topological polar surface area (TPSA) is 96.5 Å². The standard InChI is InChI=1S/C18H24N6O3/c1-14-4-3-5-17(15(14)2)20-18(25)12-21-6-8-22(9-7-21)13-23-11-16(10-19-23)24(26)27/h3-5,10-11H,6-9,12-13H2,1-2H3,(H,20,25). The molecule has 1 aromatic carbocycles. The maximum Gasteiger partial charge on any atom is 0.307 e. The highest BCUT2D eigenvalue weighted by Crippen LogP contribution is 2.18. The molecule has 2 heterocycles. The number of aryl methyl sites for hydroxylation is 1. The molecule has 2 aromatic rings. The minimum Gasteiger partial charge on any atom is -0.325 e. The van der Waals surface area contributed by atoms with Crippen LogP contribution in [0.2, 0.25) is 0 Å². The number of carbonyl (C=O) groups excluding carboxylic acids is 1. The number of aromatic nitrogens is 2. The van der Waals surface area contributed by atoms with Crippen LogP contribution in [-0.2, 0) is 11.5 Å². The van der Waals surface area contributed by atoms with Crippen molar-refractivity contribution in [3.63, 3.8) is 0 Å². The van der Waals surface area contributed by atoms with Gasteiger partial charge in [0, 0.05) is 31.9 Å². The number of anilines is 1. The van der Waals surface area contributed by atoms with Gasteiger partial charge in [0.05, 0.1) is 18.1 Å². The van der Waals surface area contributed by atoms with E-state index < -0.39 is 4.92 Å². The number of benzene rings is 1. The molecule has 9 nitrogen and oxygen atoms in total. The Morgan fingerprint density at radius 1 is 1.22 bits per heavy atom. The van der Waals surface area contributed by atoms with Crippen LogP contribution in [0, 0.1) is 24.0 Å². The van der Waals surface area contributed by atoms with Crippen LogP contribution in [0.3, 0.4) is 0 Å². The lowest BCUT2D eigenvalue weighted by Crippen LogP contribution is -2.48. The molecule has 1 saturated heterocycles. The minimum absolute atomic E-state index is 0.00301. The van der Waals surface area contributed by atoms with E-state index in [9.17, 15) is 14.9 Å². The van der Waals surface area contributed by atoms with E-state index in [0.29, 0.717) is 13.2 Å². The zero-order valence-electron chi connectivity index (χ0n) is 15.6. The zero-order chi connectivity index (χ0) is 19.4. The number of hydrogen-bond donors (Lipinski definition) is 1. The first-order chi connectivity index (χ1) is 12.9. The van der Waals surface area contributed by atoms with Crippen LogP contribution in [0.5, 0.6) is 0 Å². The first-order valence-corrected chi connectivity index (χ1v) is 8.90. The fourth-order valence-corrected chi connectivity index (χ4v) is 3.10. The summed E-state index contributed by atoms with van der Waals surface area (Å²) in [5.74, 6) is -0.0140. The number of rotatable bonds is 6. The van der Waals surface area contributed by atoms with Gasteiger partial charge in [-0.2, -0.15) is 5.10 Å². The summed E-state index contributed by atoms with van der Waals surface area (Å²) in [4.78, 5) is 26.9. The second kappa shape index (κ2) is 8.28. The Morgan fingerprint density at radius 2 is 1.93 bits per heavy atom. The summed E-state index contributed by atoms with van der Waals surface area (Å²) in [5, 5.41) is 17.7. The van der Waals surface area contributed by atoms with Gasteiger partial charge >= 0.3 is 5.69 Å². The number of piperazine rings is 1. The van der Waals surface area contributed by atoms with Crippen LogP contribution >= 0.6 is 0 Å². The molecule has 3 rings (SSSR count). The molecule has 1 aromatic heterocycles. The maximum absolute atomic E-state index is 12.3. The molecule has 27 heavy (non-hydrogen) atoms. The van der Waals surface area contributed by atoms with Gasteiger partial charge in [0.1, 0.15) is 12.4 Å². The molecule has 144 valence electrons. The molecular weight excluding hydrogens is 348 g/mol. The van der Waals surface area contributed by atoms with Crippen molar-refractivity contribution in [3.8, 4) is 0 Å². The lowest BCUT2D eigenvalue weighted by Gasteiger charge is -2.34. The van der Waals surface area contributed by atoms with Crippen LogP contribution in [-0.4, -0.2) is 63.1 Å². The first-order valence-electron chi connectivity index (χ1n) is 8.90. The highest BCUT2D eigenvalue weighted by atomic mass is 16.6. The van der Waals surface area contributed by atoms with Gasteiger partial charge in [0.2, 0.25) is 5.91 Å². The molecule has 0 radical (unpaired) electrons. The van der Waals surface area contributed by atoms with Crippen molar-refractivity contribution in [1.29, 1.82) is 0 Å². The van der Waals surface area contributed by atoms with E-state index in [1.165, 1.54) is 12.4 Å². The van der Waals surface area contributed by atoms with Gasteiger partial charge in [-0.15, -0.1) is 0 Å². The average Bonchev–Trinajstić information content (AvgIpc) is 3.09. The predicted octanol–water partition coefficient (Wildman–Crippen LogP) is 1.62. The van der Waals surface area contributed by atoms with E-state index in [2.05, 4.69) is 20.2 Å². The second-order valence-corrected chi connectivity index (χ2v) is 6.83. The summed E-state index contributed by atoms with van der Waals surface area (Å²) in [7, 11) is 0. The Hall–Kier alpha value is -2.78. The van der Waals surface area contributed by atoms with Gasteiger partial charge < -0.3 is 5.32 Å². The summed E-state index contributed by atoms with van der Waals surface area (Å²) in [6.07, 6.45) is 2.69. The summed E-state index contributed by atoms with van der Waals surface area (Å²) >= 11 is 0. The Bertz CT molecular complexity index is 826. The molecule has 1 N–H and O–H groups in total. The fourth-order valence-electron chi connectivity index (χ4n) is 3.10. The molecule has 1 aliphatic rings. The minimum atomic E-state index is -0.448. The monoisotopic (exact) mass is 372 g/mol. The van der Waals surface area contributed by atoms with Gasteiger partial charge in [-0.25, -0.2) is 0 Å². The van der Waals surface area contributed by atoms with Crippen LogP contribution < -0.4 is 5.32 Å². The molecule has 0 aliphatic carbocycles. The van der Waals surface area contributed by atoms with Crippen molar-refractivity contribution in [3.05, 3.63) is 51.8 Å². The Kier molecular flexibility index (Phi) is 5.82. The van der Waals surface area contributed by atoms with Gasteiger partial charge in [-0.3, -0.25) is 29.4 Å². The van der Waals surface area contributed by atoms with Crippen molar-refractivity contribution >= 4 is 17.3 Å². The van der Waals surface area contributed by atoms with Gasteiger partial charge in [-0.05, 0) is 31.0 Å². The van der Waals surface area contributed by atoms with E-state index in [-0.39, 0.29) is 11.6 Å². The van der Waals surface area contributed by atoms with E-state index in [1.54, 1.807) is 4.68 Å². The number of hydrogen-bond acceptors (Lipinski definition) is 6. The lowest BCUT2D eigenvalue weighted by molar-refractivity contribution is -0.385. The quantitative estimate of drug-likeness (QED) is 0.611. The molecule has 1 aliphatic heterocycles. The molecular formula is C18H24N6O3. The number of carbonyl (C=O) groups is 1. The third kappa shape index (κ3) is 4.89. The third-order valence-corrected chi connectivity index (χ3v) is 4.89. The fraction of sp³-hybridized carbons (Fsp3) is 0.444. The van der Waals surface area contributed by atoms with Gasteiger partial charge in [0.15, 0.2) is 0 Å². The SMILES string of the molecule is Cc1cccc(NC(=O)CN2CCN(Cn3cc([N+](=O)[O-])cn3)CC2)c1C. The highest BCUT2D eigenvalue weighted by molar-refractivity contribution is 5.93. The van der Waals surface area contributed by atoms with Crippen LogP contribution in [0.4, 0.5) is 11.4 Å². The first kappa shape index (κ1) is 19.0. The summed E-state index contributed by atoms with van der Waals surface area (Å²) in [6.45, 7) is 7.99. The molecule has 1 amide bonds. The van der Waals surface area contributed by atoms with Crippen molar-refractivity contribution in [2.24, 2.45) is 0 Å². The van der Waals surface area contributed by atoms with Crippen LogP contribution in [0.15, 0.2) is 30.6 Å². The maximum atomic E-state index is 12.3. The summed E-state index contributed by atoms with van der Waals surface area (Å²) in [5.41, 5.74) is 3.10. The van der Waals surface area contributed by atoms with E-state index in [0.717, 1.165) is 43.0 Å². The number of amides is 1. The Balaban J connectivity index is 1.45. The van der Waals surface area contributed by atoms with Gasteiger partial charge in [0.25, 0.3) is 0 Å². The number of nitrogens with one attached hydrogen (secondary N) is 1. The zero-order valence-corrected chi connectivity index (χ0v) is 15.6. The van der Waals surface area contributed by atoms with Crippen LogP contribution in [0.1, 0.15) is 11.1 Å².